The van der Waals surface area contributed by atoms with E-state index in [2.05, 4.69) is 31.3 Å². The van der Waals surface area contributed by atoms with Crippen molar-refractivity contribution in [3.8, 4) is 5.82 Å². The molecule has 6 nitrogen and oxygen atoms in total. The number of pyridine rings is 1. The highest BCUT2D eigenvalue weighted by atomic mass is 79.9. The summed E-state index contributed by atoms with van der Waals surface area (Å²) >= 11 is 3.27. The van der Waals surface area contributed by atoms with E-state index in [1.165, 1.54) is 4.68 Å². The average molecular weight is 296 g/mol. The topological polar surface area (TPSA) is 85.8 Å². The zero-order chi connectivity index (χ0) is 12.4. The van der Waals surface area contributed by atoms with Crippen LogP contribution in [0, 0.1) is 0 Å². The molecular weight excluding hydrogens is 286 g/mol. The van der Waals surface area contributed by atoms with Crippen LogP contribution in [-0.2, 0) is 0 Å². The maximum atomic E-state index is 11.4. The number of nitrogens with one attached hydrogen (secondary N) is 1. The minimum absolute atomic E-state index is 0.251. The molecule has 0 aromatic carbocycles. The normalized spacial score (nSPS) is 10.2. The molecule has 0 saturated heterocycles. The number of aromatic nitrogens is 3. The van der Waals surface area contributed by atoms with Gasteiger partial charge in [-0.2, -0.15) is 5.10 Å². The molecule has 0 fully saturated rings. The summed E-state index contributed by atoms with van der Waals surface area (Å²) in [6.45, 7) is 0. The van der Waals surface area contributed by atoms with Gasteiger partial charge in [0.05, 0.1) is 5.69 Å². The van der Waals surface area contributed by atoms with Crippen LogP contribution in [0.4, 0.5) is 5.69 Å². The van der Waals surface area contributed by atoms with Crippen molar-refractivity contribution in [3.05, 3.63) is 34.7 Å². The van der Waals surface area contributed by atoms with Crippen LogP contribution in [0.2, 0.25) is 0 Å². The first-order valence-electron chi connectivity index (χ1n) is 4.81. The molecule has 0 spiro atoms. The van der Waals surface area contributed by atoms with Crippen LogP contribution in [0.3, 0.4) is 0 Å². The second-order valence-corrected chi connectivity index (χ2v) is 4.21. The van der Waals surface area contributed by atoms with E-state index in [-0.39, 0.29) is 5.91 Å². The summed E-state index contributed by atoms with van der Waals surface area (Å²) in [4.78, 5) is 15.5. The third-order valence-corrected chi connectivity index (χ3v) is 2.56. The van der Waals surface area contributed by atoms with Crippen LogP contribution < -0.4 is 11.1 Å². The van der Waals surface area contributed by atoms with Crippen LogP contribution >= 0.6 is 15.9 Å². The molecule has 2 aromatic heterocycles. The minimum atomic E-state index is -0.251. The Balaban J connectivity index is 2.40. The quantitative estimate of drug-likeness (QED) is 0.864. The predicted molar refractivity (Wildman–Crippen MR) is 66.9 cm³/mol. The molecule has 17 heavy (non-hydrogen) atoms. The fraction of sp³-hybridized carbons (Fsp3) is 0.100. The van der Waals surface area contributed by atoms with Gasteiger partial charge in [-0.25, -0.2) is 9.67 Å². The van der Waals surface area contributed by atoms with Gasteiger partial charge in [-0.05, 0) is 28.1 Å². The van der Waals surface area contributed by atoms with E-state index in [0.29, 0.717) is 17.2 Å². The third-order valence-electron chi connectivity index (χ3n) is 2.13. The Morgan fingerprint density at radius 3 is 3.00 bits per heavy atom. The van der Waals surface area contributed by atoms with Crippen molar-refractivity contribution < 1.29 is 4.79 Å². The second-order valence-electron chi connectivity index (χ2n) is 3.29. The van der Waals surface area contributed by atoms with Crippen molar-refractivity contribution in [3.63, 3.8) is 0 Å². The minimum Gasteiger partial charge on any atom is -0.396 e. The molecule has 0 aliphatic heterocycles. The smallest absolute Gasteiger partial charge is 0.271 e. The molecule has 0 aliphatic rings. The predicted octanol–water partition coefficient (Wildman–Crippen LogP) is 0.972. The zero-order valence-corrected chi connectivity index (χ0v) is 10.6. The number of amides is 1. The molecule has 0 unspecified atom stereocenters. The standard InChI is InChI=1S/C10H10BrN5O/c1-13-10(17)8-2-3-16(15-8)9-7(12)4-6(11)5-14-9/h2-5H,12H2,1H3,(H,13,17). The highest BCUT2D eigenvalue weighted by Gasteiger charge is 2.10. The Labute approximate surface area is 106 Å². The zero-order valence-electron chi connectivity index (χ0n) is 9.01. The first-order chi connectivity index (χ1) is 8.11. The molecule has 2 heterocycles. The SMILES string of the molecule is CNC(=O)c1ccn(-c2ncc(Br)cc2N)n1. The lowest BCUT2D eigenvalue weighted by atomic mass is 10.4. The Kier molecular flexibility index (Phi) is 3.10. The number of hydrogen-bond acceptors (Lipinski definition) is 4. The summed E-state index contributed by atoms with van der Waals surface area (Å²) in [6.07, 6.45) is 3.25. The number of nitrogens with two attached hydrogens (primary N) is 1. The van der Waals surface area contributed by atoms with Crippen LogP contribution in [0.15, 0.2) is 29.0 Å². The molecule has 88 valence electrons. The first kappa shape index (κ1) is 11.6. The molecule has 2 rings (SSSR count). The first-order valence-corrected chi connectivity index (χ1v) is 5.60. The van der Waals surface area contributed by atoms with E-state index in [1.807, 2.05) is 0 Å². The number of halogens is 1. The average Bonchev–Trinajstić information content (AvgIpc) is 2.77. The Bertz CT molecular complexity index is 566. The summed E-state index contributed by atoms with van der Waals surface area (Å²) in [5, 5.41) is 6.58. The van der Waals surface area contributed by atoms with Crippen molar-refractivity contribution in [1.82, 2.24) is 20.1 Å². The van der Waals surface area contributed by atoms with E-state index in [9.17, 15) is 4.79 Å². The Hall–Kier alpha value is -1.89. The molecular formula is C10H10BrN5O. The van der Waals surface area contributed by atoms with Crippen molar-refractivity contribution in [1.29, 1.82) is 0 Å². The second kappa shape index (κ2) is 4.54. The lowest BCUT2D eigenvalue weighted by molar-refractivity contribution is 0.0957. The van der Waals surface area contributed by atoms with Gasteiger partial charge in [0.25, 0.3) is 5.91 Å². The monoisotopic (exact) mass is 295 g/mol. The highest BCUT2D eigenvalue weighted by Crippen LogP contribution is 2.18. The Morgan fingerprint density at radius 1 is 1.59 bits per heavy atom. The third kappa shape index (κ3) is 2.28. The molecule has 7 heteroatoms. The van der Waals surface area contributed by atoms with Gasteiger partial charge >= 0.3 is 0 Å². The molecule has 1 amide bonds. The summed E-state index contributed by atoms with van der Waals surface area (Å²) in [7, 11) is 1.55. The number of nitrogen functional groups attached to an aromatic ring is 1. The van der Waals surface area contributed by atoms with Crippen LogP contribution in [0.5, 0.6) is 0 Å². The summed E-state index contributed by atoms with van der Waals surface area (Å²) in [5.41, 5.74) is 6.61. The fourth-order valence-electron chi connectivity index (χ4n) is 1.33. The molecule has 2 aromatic rings. The van der Waals surface area contributed by atoms with Gasteiger partial charge in [-0.15, -0.1) is 0 Å². The molecule has 0 radical (unpaired) electrons. The highest BCUT2D eigenvalue weighted by molar-refractivity contribution is 9.10. The summed E-state index contributed by atoms with van der Waals surface area (Å²) < 4.78 is 2.25. The molecule has 3 N–H and O–H groups in total. The van der Waals surface area contributed by atoms with E-state index < -0.39 is 0 Å². The van der Waals surface area contributed by atoms with Gasteiger partial charge in [0, 0.05) is 23.9 Å². The number of nitrogens with zero attached hydrogens (tertiary/aromatic N) is 3. The van der Waals surface area contributed by atoms with Crippen LogP contribution in [-0.4, -0.2) is 27.7 Å². The lowest BCUT2D eigenvalue weighted by Gasteiger charge is -2.04. The van der Waals surface area contributed by atoms with Crippen molar-refractivity contribution in [2.45, 2.75) is 0 Å². The van der Waals surface area contributed by atoms with E-state index in [1.54, 1.807) is 31.6 Å². The molecule has 0 bridgehead atoms. The number of hydrogen-bond donors (Lipinski definition) is 2. The summed E-state index contributed by atoms with van der Waals surface area (Å²) in [5.74, 6) is 0.239. The van der Waals surface area contributed by atoms with Gasteiger partial charge < -0.3 is 11.1 Å². The van der Waals surface area contributed by atoms with Crippen LogP contribution in [0.1, 0.15) is 10.5 Å². The molecule has 0 atom stereocenters. The summed E-state index contributed by atoms with van der Waals surface area (Å²) in [6, 6.07) is 3.32. The van der Waals surface area contributed by atoms with Gasteiger partial charge in [0.15, 0.2) is 11.5 Å². The molecule has 0 aliphatic carbocycles. The number of carbonyl (C=O) groups excluding carboxylic acids is 1. The Morgan fingerprint density at radius 2 is 2.35 bits per heavy atom. The van der Waals surface area contributed by atoms with Gasteiger partial charge in [0.1, 0.15) is 0 Å². The van der Waals surface area contributed by atoms with Crippen molar-refractivity contribution in [2.75, 3.05) is 12.8 Å². The van der Waals surface area contributed by atoms with Gasteiger partial charge in [-0.3, -0.25) is 4.79 Å². The molecule has 0 saturated carbocycles. The van der Waals surface area contributed by atoms with Crippen LogP contribution in [0.25, 0.3) is 5.82 Å². The van der Waals surface area contributed by atoms with Crippen molar-refractivity contribution in [2.24, 2.45) is 0 Å². The maximum absolute atomic E-state index is 11.4. The number of carbonyl (C=O) groups is 1. The number of rotatable bonds is 2. The maximum Gasteiger partial charge on any atom is 0.271 e. The lowest BCUT2D eigenvalue weighted by Crippen LogP contribution is -2.18. The van der Waals surface area contributed by atoms with Gasteiger partial charge in [-0.1, -0.05) is 0 Å². The van der Waals surface area contributed by atoms with E-state index in [4.69, 9.17) is 5.73 Å². The van der Waals surface area contributed by atoms with E-state index >= 15 is 0 Å². The largest absolute Gasteiger partial charge is 0.396 e. The number of anilines is 1. The van der Waals surface area contributed by atoms with Gasteiger partial charge in [0.2, 0.25) is 0 Å². The van der Waals surface area contributed by atoms with Crippen molar-refractivity contribution >= 4 is 27.5 Å². The van der Waals surface area contributed by atoms with E-state index in [0.717, 1.165) is 4.47 Å². The fourth-order valence-corrected chi connectivity index (χ4v) is 1.68.